The maximum atomic E-state index is 13.0. The fourth-order valence-corrected chi connectivity index (χ4v) is 2.86. The Labute approximate surface area is 84.3 Å². The Hall–Kier alpha value is -0.180. The van der Waals surface area contributed by atoms with Crippen LogP contribution in [0.5, 0.6) is 0 Å². The van der Waals surface area contributed by atoms with Crippen LogP contribution in [0, 0.1) is 11.8 Å². The Morgan fingerprint density at radius 1 is 1.21 bits per heavy atom. The molecule has 2 saturated carbocycles. The molecule has 0 bridgehead atoms. The summed E-state index contributed by atoms with van der Waals surface area (Å²) in [6.07, 6.45) is 3.79. The Kier molecular flexibility index (Phi) is 2.78. The van der Waals surface area contributed by atoms with E-state index in [1.165, 1.54) is 19.3 Å². The van der Waals surface area contributed by atoms with Crippen LogP contribution in [0.1, 0.15) is 38.5 Å². The SMILES string of the molecule is CNC1(C(F)F)CCCC(C2CC2)C1. The first-order valence-electron chi connectivity index (χ1n) is 5.65. The summed E-state index contributed by atoms with van der Waals surface area (Å²) < 4.78 is 25.9. The monoisotopic (exact) mass is 203 g/mol. The van der Waals surface area contributed by atoms with Crippen molar-refractivity contribution in [2.45, 2.75) is 50.5 Å². The zero-order valence-electron chi connectivity index (χ0n) is 8.73. The largest absolute Gasteiger partial charge is 0.309 e. The molecular weight excluding hydrogens is 184 g/mol. The average molecular weight is 203 g/mol. The predicted octanol–water partition coefficient (Wildman–Crippen LogP) is 2.81. The summed E-state index contributed by atoms with van der Waals surface area (Å²) in [6.45, 7) is 0. The number of rotatable bonds is 3. The second-order valence-corrected chi connectivity index (χ2v) is 4.90. The number of alkyl halides is 2. The van der Waals surface area contributed by atoms with Gasteiger partial charge in [0.1, 0.15) is 0 Å². The van der Waals surface area contributed by atoms with Crippen LogP contribution in [0.4, 0.5) is 8.78 Å². The molecule has 2 rings (SSSR count). The summed E-state index contributed by atoms with van der Waals surface area (Å²) in [5, 5.41) is 2.88. The minimum absolute atomic E-state index is 0.560. The molecule has 82 valence electrons. The molecule has 3 heteroatoms. The zero-order valence-corrected chi connectivity index (χ0v) is 8.73. The Morgan fingerprint density at radius 2 is 1.93 bits per heavy atom. The van der Waals surface area contributed by atoms with Gasteiger partial charge in [0, 0.05) is 0 Å². The minimum atomic E-state index is -2.21. The van der Waals surface area contributed by atoms with Crippen molar-refractivity contribution in [2.24, 2.45) is 11.8 Å². The summed E-state index contributed by atoms with van der Waals surface area (Å²) >= 11 is 0. The van der Waals surface area contributed by atoms with Crippen LogP contribution < -0.4 is 5.32 Å². The van der Waals surface area contributed by atoms with Gasteiger partial charge in [-0.15, -0.1) is 0 Å². The van der Waals surface area contributed by atoms with E-state index in [9.17, 15) is 8.78 Å². The molecule has 2 fully saturated rings. The van der Waals surface area contributed by atoms with Gasteiger partial charge < -0.3 is 5.32 Å². The first-order chi connectivity index (χ1) is 6.68. The third-order valence-corrected chi connectivity index (χ3v) is 4.03. The summed E-state index contributed by atoms with van der Waals surface area (Å²) in [7, 11) is 1.68. The summed E-state index contributed by atoms with van der Waals surface area (Å²) in [6, 6.07) is 0. The van der Waals surface area contributed by atoms with Crippen molar-refractivity contribution in [3.8, 4) is 0 Å². The van der Waals surface area contributed by atoms with E-state index in [0.717, 1.165) is 12.3 Å². The zero-order chi connectivity index (χ0) is 10.2. The lowest BCUT2D eigenvalue weighted by molar-refractivity contribution is -0.00542. The van der Waals surface area contributed by atoms with Gasteiger partial charge in [0.05, 0.1) is 5.54 Å². The third-order valence-electron chi connectivity index (χ3n) is 4.03. The highest BCUT2D eigenvalue weighted by molar-refractivity contribution is 4.98. The van der Waals surface area contributed by atoms with Crippen molar-refractivity contribution in [1.82, 2.24) is 5.32 Å². The van der Waals surface area contributed by atoms with Gasteiger partial charge in [-0.05, 0) is 44.6 Å². The van der Waals surface area contributed by atoms with Crippen LogP contribution in [-0.4, -0.2) is 19.0 Å². The third kappa shape index (κ3) is 1.79. The highest BCUT2D eigenvalue weighted by Crippen LogP contribution is 2.47. The average Bonchev–Trinajstić information content (AvgIpc) is 3.01. The molecule has 0 amide bonds. The van der Waals surface area contributed by atoms with Crippen LogP contribution in [0.3, 0.4) is 0 Å². The molecule has 2 unspecified atom stereocenters. The van der Waals surface area contributed by atoms with E-state index in [1.54, 1.807) is 7.05 Å². The Balaban J connectivity index is 2.02. The normalized spacial score (nSPS) is 39.0. The second-order valence-electron chi connectivity index (χ2n) is 4.90. The first kappa shape index (κ1) is 10.3. The van der Waals surface area contributed by atoms with Crippen LogP contribution in [0.15, 0.2) is 0 Å². The molecule has 2 aliphatic rings. The summed E-state index contributed by atoms with van der Waals surface area (Å²) in [5.41, 5.74) is -0.870. The van der Waals surface area contributed by atoms with Crippen LogP contribution in [0.2, 0.25) is 0 Å². The highest BCUT2D eigenvalue weighted by Gasteiger charge is 2.46. The second kappa shape index (κ2) is 3.76. The van der Waals surface area contributed by atoms with Gasteiger partial charge >= 0.3 is 0 Å². The van der Waals surface area contributed by atoms with Gasteiger partial charge in [0.15, 0.2) is 0 Å². The predicted molar refractivity (Wildman–Crippen MR) is 52.5 cm³/mol. The molecule has 1 N–H and O–H groups in total. The molecule has 2 aliphatic carbocycles. The van der Waals surface area contributed by atoms with Crippen LogP contribution >= 0.6 is 0 Å². The molecule has 2 atom stereocenters. The molecule has 0 saturated heterocycles. The van der Waals surface area contributed by atoms with Gasteiger partial charge in [0.25, 0.3) is 6.43 Å². The van der Waals surface area contributed by atoms with E-state index in [4.69, 9.17) is 0 Å². The summed E-state index contributed by atoms with van der Waals surface area (Å²) in [4.78, 5) is 0. The van der Waals surface area contributed by atoms with E-state index in [0.29, 0.717) is 18.8 Å². The van der Waals surface area contributed by atoms with Crippen molar-refractivity contribution >= 4 is 0 Å². The van der Waals surface area contributed by atoms with Gasteiger partial charge in [-0.25, -0.2) is 8.78 Å². The van der Waals surface area contributed by atoms with Gasteiger partial charge in [-0.1, -0.05) is 12.8 Å². The van der Waals surface area contributed by atoms with E-state index >= 15 is 0 Å². The molecule has 0 heterocycles. The van der Waals surface area contributed by atoms with Gasteiger partial charge in [-0.2, -0.15) is 0 Å². The smallest absolute Gasteiger partial charge is 0.256 e. The van der Waals surface area contributed by atoms with E-state index in [1.807, 2.05) is 0 Å². The number of halogens is 2. The molecule has 0 aromatic carbocycles. The molecule has 1 nitrogen and oxygen atoms in total. The van der Waals surface area contributed by atoms with Crippen molar-refractivity contribution in [3.05, 3.63) is 0 Å². The lowest BCUT2D eigenvalue weighted by atomic mass is 9.74. The Bertz CT molecular complexity index is 203. The number of hydrogen-bond donors (Lipinski definition) is 1. The Morgan fingerprint density at radius 3 is 2.43 bits per heavy atom. The topological polar surface area (TPSA) is 12.0 Å². The molecule has 0 aliphatic heterocycles. The highest BCUT2D eigenvalue weighted by atomic mass is 19.3. The van der Waals surface area contributed by atoms with Crippen LogP contribution in [0.25, 0.3) is 0 Å². The first-order valence-corrected chi connectivity index (χ1v) is 5.65. The fourth-order valence-electron chi connectivity index (χ4n) is 2.86. The van der Waals surface area contributed by atoms with Crippen molar-refractivity contribution in [2.75, 3.05) is 7.05 Å². The number of nitrogens with one attached hydrogen (secondary N) is 1. The molecule has 0 aromatic heterocycles. The maximum Gasteiger partial charge on any atom is 0.256 e. The van der Waals surface area contributed by atoms with E-state index in [-0.39, 0.29) is 0 Å². The molecule has 0 aromatic rings. The van der Waals surface area contributed by atoms with Crippen LogP contribution in [-0.2, 0) is 0 Å². The van der Waals surface area contributed by atoms with E-state index < -0.39 is 12.0 Å². The minimum Gasteiger partial charge on any atom is -0.309 e. The fraction of sp³-hybridized carbons (Fsp3) is 1.00. The standard InChI is InChI=1S/C11H19F2N/c1-14-11(10(12)13)6-2-3-9(7-11)8-4-5-8/h8-10,14H,2-7H2,1H3. The van der Waals surface area contributed by atoms with Gasteiger partial charge in [0.2, 0.25) is 0 Å². The lowest BCUT2D eigenvalue weighted by Crippen LogP contribution is -2.52. The lowest BCUT2D eigenvalue weighted by Gasteiger charge is -2.40. The van der Waals surface area contributed by atoms with E-state index in [2.05, 4.69) is 5.32 Å². The number of hydrogen-bond acceptors (Lipinski definition) is 1. The van der Waals surface area contributed by atoms with Crippen molar-refractivity contribution < 1.29 is 8.78 Å². The van der Waals surface area contributed by atoms with Gasteiger partial charge in [-0.3, -0.25) is 0 Å². The maximum absolute atomic E-state index is 13.0. The molecular formula is C11H19F2N. The molecule has 0 radical (unpaired) electrons. The van der Waals surface area contributed by atoms with Crippen molar-refractivity contribution in [1.29, 1.82) is 0 Å². The molecule has 14 heavy (non-hydrogen) atoms. The molecule has 0 spiro atoms. The summed E-state index contributed by atoms with van der Waals surface area (Å²) in [5.74, 6) is 1.33. The van der Waals surface area contributed by atoms with Crippen molar-refractivity contribution in [3.63, 3.8) is 0 Å². The quantitative estimate of drug-likeness (QED) is 0.743.